The summed E-state index contributed by atoms with van der Waals surface area (Å²) in [6.45, 7) is 3.94. The van der Waals surface area contributed by atoms with Crippen LogP contribution < -0.4 is 4.74 Å². The van der Waals surface area contributed by atoms with Crippen molar-refractivity contribution in [3.05, 3.63) is 64.7 Å². The lowest BCUT2D eigenvalue weighted by Gasteiger charge is -2.15. The molecule has 1 unspecified atom stereocenters. The van der Waals surface area contributed by atoms with Gasteiger partial charge in [0.2, 0.25) is 0 Å². The second-order valence-corrected chi connectivity index (χ2v) is 5.07. The maximum atomic E-state index is 10.4. The molecule has 2 aromatic carbocycles. The van der Waals surface area contributed by atoms with Crippen molar-refractivity contribution in [2.45, 2.75) is 26.1 Å². The lowest BCUT2D eigenvalue weighted by Crippen LogP contribution is -2.06. The first-order chi connectivity index (χ1) is 9.08. The van der Waals surface area contributed by atoms with Gasteiger partial charge >= 0.3 is 0 Å². The van der Waals surface area contributed by atoms with Crippen molar-refractivity contribution in [3.8, 4) is 5.75 Å². The number of hydrogen-bond acceptors (Lipinski definition) is 2. The molecule has 0 aliphatic rings. The van der Waals surface area contributed by atoms with E-state index in [1.165, 1.54) is 0 Å². The highest BCUT2D eigenvalue weighted by atomic mass is 35.5. The zero-order chi connectivity index (χ0) is 13.8. The largest absolute Gasteiger partial charge is 0.491 e. The molecule has 3 heteroatoms. The van der Waals surface area contributed by atoms with Crippen LogP contribution in [0.2, 0.25) is 5.02 Å². The first kappa shape index (κ1) is 13.9. The Bertz CT molecular complexity index is 552. The van der Waals surface area contributed by atoms with Gasteiger partial charge < -0.3 is 9.84 Å². The normalized spacial score (nSPS) is 12.5. The fourth-order valence-electron chi connectivity index (χ4n) is 1.91. The van der Waals surface area contributed by atoms with Gasteiger partial charge in [-0.25, -0.2) is 0 Å². The Morgan fingerprint density at radius 1 is 1.05 bits per heavy atom. The minimum Gasteiger partial charge on any atom is -0.491 e. The van der Waals surface area contributed by atoms with Crippen LogP contribution in [0.15, 0.2) is 48.5 Å². The van der Waals surface area contributed by atoms with E-state index in [2.05, 4.69) is 0 Å². The first-order valence-electron chi connectivity index (χ1n) is 6.27. The molecule has 2 rings (SSSR count). The molecule has 0 aromatic heterocycles. The Morgan fingerprint density at radius 3 is 2.47 bits per heavy atom. The molecule has 0 aliphatic carbocycles. The van der Waals surface area contributed by atoms with Gasteiger partial charge in [0, 0.05) is 10.6 Å². The van der Waals surface area contributed by atoms with E-state index in [1.807, 2.05) is 56.3 Å². The van der Waals surface area contributed by atoms with Gasteiger partial charge in [0.05, 0.1) is 6.10 Å². The second kappa shape index (κ2) is 6.09. The molecule has 100 valence electrons. The number of halogens is 1. The Kier molecular flexibility index (Phi) is 4.46. The molecule has 0 amide bonds. The van der Waals surface area contributed by atoms with Crippen molar-refractivity contribution in [2.75, 3.05) is 0 Å². The molecule has 0 fully saturated rings. The van der Waals surface area contributed by atoms with E-state index in [0.29, 0.717) is 10.6 Å². The van der Waals surface area contributed by atoms with Crippen LogP contribution in [0.5, 0.6) is 5.75 Å². The lowest BCUT2D eigenvalue weighted by molar-refractivity contribution is 0.216. The van der Waals surface area contributed by atoms with Crippen LogP contribution in [-0.4, -0.2) is 11.2 Å². The number of hydrogen-bond donors (Lipinski definition) is 1. The maximum absolute atomic E-state index is 10.4. The number of aliphatic hydroxyl groups excluding tert-OH is 1. The fourth-order valence-corrected chi connectivity index (χ4v) is 2.15. The van der Waals surface area contributed by atoms with Crippen molar-refractivity contribution in [3.63, 3.8) is 0 Å². The zero-order valence-electron chi connectivity index (χ0n) is 11.0. The Hall–Kier alpha value is -1.51. The summed E-state index contributed by atoms with van der Waals surface area (Å²) in [7, 11) is 0. The third-order valence-electron chi connectivity index (χ3n) is 2.75. The summed E-state index contributed by atoms with van der Waals surface area (Å²) in [6.07, 6.45) is -0.642. The Labute approximate surface area is 118 Å². The molecule has 1 atom stereocenters. The molecule has 0 saturated carbocycles. The van der Waals surface area contributed by atoms with Gasteiger partial charge in [0.15, 0.2) is 0 Å². The van der Waals surface area contributed by atoms with Crippen molar-refractivity contribution < 1.29 is 9.84 Å². The van der Waals surface area contributed by atoms with E-state index in [1.54, 1.807) is 6.07 Å². The fraction of sp³-hybridized carbons (Fsp3) is 0.250. The molecular weight excluding hydrogens is 260 g/mol. The van der Waals surface area contributed by atoms with Gasteiger partial charge in [-0.3, -0.25) is 0 Å². The summed E-state index contributed by atoms with van der Waals surface area (Å²) in [5.41, 5.74) is 1.47. The molecular formula is C16H17ClO2. The van der Waals surface area contributed by atoms with E-state index in [-0.39, 0.29) is 6.10 Å². The summed E-state index contributed by atoms with van der Waals surface area (Å²) >= 11 is 6.10. The van der Waals surface area contributed by atoms with Crippen LogP contribution in [0.4, 0.5) is 0 Å². The first-order valence-corrected chi connectivity index (χ1v) is 6.65. The van der Waals surface area contributed by atoms with E-state index in [0.717, 1.165) is 11.3 Å². The molecule has 0 spiro atoms. The second-order valence-electron chi connectivity index (χ2n) is 4.66. The SMILES string of the molecule is CC(C)Oc1cccc(C(O)c2ccccc2Cl)c1. The van der Waals surface area contributed by atoms with E-state index < -0.39 is 6.10 Å². The third kappa shape index (κ3) is 3.49. The van der Waals surface area contributed by atoms with Gasteiger partial charge in [0.25, 0.3) is 0 Å². The molecule has 0 radical (unpaired) electrons. The Balaban J connectivity index is 2.29. The van der Waals surface area contributed by atoms with Gasteiger partial charge in [0.1, 0.15) is 11.9 Å². The van der Waals surface area contributed by atoms with Gasteiger partial charge in [-0.15, -0.1) is 0 Å². The zero-order valence-corrected chi connectivity index (χ0v) is 11.8. The van der Waals surface area contributed by atoms with Gasteiger partial charge in [-0.1, -0.05) is 41.9 Å². The smallest absolute Gasteiger partial charge is 0.120 e. The summed E-state index contributed by atoms with van der Waals surface area (Å²) in [4.78, 5) is 0. The number of ether oxygens (including phenoxy) is 1. The summed E-state index contributed by atoms with van der Waals surface area (Å²) < 4.78 is 5.63. The van der Waals surface area contributed by atoms with E-state index in [4.69, 9.17) is 16.3 Å². The minimum absolute atomic E-state index is 0.104. The highest BCUT2D eigenvalue weighted by Gasteiger charge is 2.14. The van der Waals surface area contributed by atoms with Crippen LogP contribution in [0, 0.1) is 0 Å². The van der Waals surface area contributed by atoms with E-state index >= 15 is 0 Å². The van der Waals surface area contributed by atoms with Crippen molar-refractivity contribution in [2.24, 2.45) is 0 Å². The summed E-state index contributed by atoms with van der Waals surface area (Å²) in [6, 6.07) is 14.7. The minimum atomic E-state index is -0.746. The van der Waals surface area contributed by atoms with Crippen LogP contribution in [-0.2, 0) is 0 Å². The van der Waals surface area contributed by atoms with E-state index in [9.17, 15) is 5.11 Å². The predicted octanol–water partition coefficient (Wildman–Crippen LogP) is 4.21. The summed E-state index contributed by atoms with van der Waals surface area (Å²) in [5, 5.41) is 11.0. The standard InChI is InChI=1S/C16H17ClO2/c1-11(2)19-13-7-5-6-12(10-13)16(18)14-8-3-4-9-15(14)17/h3-11,16,18H,1-2H3. The van der Waals surface area contributed by atoms with Crippen LogP contribution in [0.3, 0.4) is 0 Å². The monoisotopic (exact) mass is 276 g/mol. The van der Waals surface area contributed by atoms with Crippen molar-refractivity contribution in [1.29, 1.82) is 0 Å². The van der Waals surface area contributed by atoms with Crippen molar-refractivity contribution >= 4 is 11.6 Å². The molecule has 19 heavy (non-hydrogen) atoms. The number of rotatable bonds is 4. The number of aliphatic hydroxyl groups is 1. The van der Waals surface area contributed by atoms with Gasteiger partial charge in [-0.2, -0.15) is 0 Å². The maximum Gasteiger partial charge on any atom is 0.120 e. The third-order valence-corrected chi connectivity index (χ3v) is 3.09. The van der Waals surface area contributed by atoms with Crippen LogP contribution >= 0.6 is 11.6 Å². The van der Waals surface area contributed by atoms with Gasteiger partial charge in [-0.05, 0) is 37.6 Å². The molecule has 0 saturated heterocycles. The van der Waals surface area contributed by atoms with Crippen molar-refractivity contribution in [1.82, 2.24) is 0 Å². The number of benzene rings is 2. The predicted molar refractivity (Wildman–Crippen MR) is 77.7 cm³/mol. The Morgan fingerprint density at radius 2 is 1.79 bits per heavy atom. The molecule has 0 heterocycles. The summed E-state index contributed by atoms with van der Waals surface area (Å²) in [5.74, 6) is 0.749. The molecule has 2 nitrogen and oxygen atoms in total. The van der Waals surface area contributed by atoms with Crippen LogP contribution in [0.1, 0.15) is 31.1 Å². The molecule has 2 aromatic rings. The quantitative estimate of drug-likeness (QED) is 0.906. The van der Waals surface area contributed by atoms with Crippen LogP contribution in [0.25, 0.3) is 0 Å². The molecule has 0 bridgehead atoms. The molecule has 0 aliphatic heterocycles. The highest BCUT2D eigenvalue weighted by molar-refractivity contribution is 6.31. The highest BCUT2D eigenvalue weighted by Crippen LogP contribution is 2.29. The average Bonchev–Trinajstić information content (AvgIpc) is 2.38. The molecule has 1 N–H and O–H groups in total. The average molecular weight is 277 g/mol. The topological polar surface area (TPSA) is 29.5 Å². The lowest BCUT2D eigenvalue weighted by atomic mass is 10.0.